The number of carboxylic acids is 1. The Labute approximate surface area is 490 Å². The van der Waals surface area contributed by atoms with E-state index in [0.717, 1.165) is 70.6 Å². The number of hydrogen-bond acceptors (Lipinski definition) is 11. The second-order valence-corrected chi connectivity index (χ2v) is 20.9. The van der Waals surface area contributed by atoms with Crippen LogP contribution in [0.3, 0.4) is 0 Å². The number of aliphatic hydroxyl groups excluding tert-OH is 2. The van der Waals surface area contributed by atoms with E-state index in [1.54, 1.807) is 0 Å². The van der Waals surface area contributed by atoms with Gasteiger partial charge in [0.05, 0.1) is 6.61 Å². The molecule has 1 rings (SSSR count). The van der Waals surface area contributed by atoms with E-state index >= 15 is 0 Å². The Morgan fingerprint density at radius 2 is 0.778 bits per heavy atom. The molecule has 0 spiro atoms. The number of rotatable bonds is 52. The number of aliphatic hydroxyl groups is 2. The average Bonchev–Trinajstić information content (AvgIpc) is 3.54. The van der Waals surface area contributed by atoms with Crippen LogP contribution in [0.15, 0.2) is 122 Å². The van der Waals surface area contributed by atoms with Crippen LogP contribution < -0.4 is 0 Å². The minimum atomic E-state index is -1.94. The monoisotopic (exact) mass is 1130 g/mol. The Kier molecular flexibility index (Phi) is 50.9. The van der Waals surface area contributed by atoms with Gasteiger partial charge in [0.15, 0.2) is 24.6 Å². The lowest BCUT2D eigenvalue weighted by molar-refractivity contribution is -0.301. The molecular weight excluding hydrogens is 1020 g/mol. The van der Waals surface area contributed by atoms with Crippen molar-refractivity contribution >= 4 is 23.9 Å². The van der Waals surface area contributed by atoms with Crippen LogP contribution in [0.4, 0.5) is 0 Å². The van der Waals surface area contributed by atoms with Crippen molar-refractivity contribution in [1.29, 1.82) is 0 Å². The highest BCUT2D eigenvalue weighted by molar-refractivity contribution is 5.74. The normalized spacial score (nSPS) is 18.6. The lowest BCUT2D eigenvalue weighted by Gasteiger charge is -2.40. The van der Waals surface area contributed by atoms with E-state index in [9.17, 15) is 34.5 Å². The quantitative estimate of drug-likeness (QED) is 0.0228. The highest BCUT2D eigenvalue weighted by Gasteiger charge is 2.50. The van der Waals surface area contributed by atoms with Gasteiger partial charge in [0.2, 0.25) is 0 Å². The van der Waals surface area contributed by atoms with Crippen LogP contribution in [0.5, 0.6) is 0 Å². The van der Waals surface area contributed by atoms with Crippen molar-refractivity contribution in [3.05, 3.63) is 122 Å². The van der Waals surface area contributed by atoms with Crippen molar-refractivity contribution < 1.29 is 58.2 Å². The smallest absolute Gasteiger partial charge is 0.335 e. The predicted molar refractivity (Wildman–Crippen MR) is 330 cm³/mol. The molecule has 1 fully saturated rings. The maximum absolute atomic E-state index is 13.1. The number of esters is 3. The van der Waals surface area contributed by atoms with Gasteiger partial charge in [0.1, 0.15) is 18.8 Å². The van der Waals surface area contributed by atoms with Gasteiger partial charge in [0, 0.05) is 19.3 Å². The zero-order valence-electron chi connectivity index (χ0n) is 50.5. The summed E-state index contributed by atoms with van der Waals surface area (Å²) in [6.45, 7) is 5.68. The highest BCUT2D eigenvalue weighted by Crippen LogP contribution is 2.26. The number of allylic oxidation sites excluding steroid dienone is 20. The predicted octanol–water partition coefficient (Wildman–Crippen LogP) is 16.8. The van der Waals surface area contributed by atoms with Crippen molar-refractivity contribution in [2.45, 2.75) is 276 Å². The summed E-state index contributed by atoms with van der Waals surface area (Å²) in [4.78, 5) is 51.2. The molecule has 0 bridgehead atoms. The zero-order valence-corrected chi connectivity index (χ0v) is 50.5. The summed E-state index contributed by atoms with van der Waals surface area (Å²) >= 11 is 0. The number of carboxylic acid groups (broad SMARTS) is 1. The number of unbranched alkanes of at least 4 members (excludes halogenated alkanes) is 18. The molecule has 0 amide bonds. The van der Waals surface area contributed by atoms with E-state index in [0.29, 0.717) is 32.1 Å². The summed E-state index contributed by atoms with van der Waals surface area (Å²) in [5.74, 6) is -3.35. The van der Waals surface area contributed by atoms with Crippen LogP contribution in [0, 0.1) is 0 Å². The van der Waals surface area contributed by atoms with Gasteiger partial charge >= 0.3 is 23.9 Å². The lowest BCUT2D eigenvalue weighted by atomic mass is 9.98. The molecule has 1 aliphatic heterocycles. The zero-order chi connectivity index (χ0) is 58.9. The van der Waals surface area contributed by atoms with Gasteiger partial charge in [-0.3, -0.25) is 14.4 Å². The molecule has 1 heterocycles. The number of hydrogen-bond donors (Lipinski definition) is 3. The Balaban J connectivity index is 2.72. The summed E-state index contributed by atoms with van der Waals surface area (Å²) in [7, 11) is 0. The fourth-order valence-electron chi connectivity index (χ4n) is 8.82. The molecule has 6 unspecified atom stereocenters. The minimum Gasteiger partial charge on any atom is -0.479 e. The highest BCUT2D eigenvalue weighted by atomic mass is 16.7. The first kappa shape index (κ1) is 74.1. The van der Waals surface area contributed by atoms with Gasteiger partial charge < -0.3 is 39.0 Å². The lowest BCUT2D eigenvalue weighted by Crippen LogP contribution is -2.61. The first-order chi connectivity index (χ1) is 39.6. The maximum Gasteiger partial charge on any atom is 0.335 e. The van der Waals surface area contributed by atoms with Crippen LogP contribution in [0.25, 0.3) is 0 Å². The van der Waals surface area contributed by atoms with Crippen LogP contribution in [-0.4, -0.2) is 89.2 Å². The first-order valence-corrected chi connectivity index (χ1v) is 31.5. The van der Waals surface area contributed by atoms with E-state index in [1.807, 2.05) is 30.4 Å². The van der Waals surface area contributed by atoms with Crippen LogP contribution in [0.1, 0.15) is 239 Å². The minimum absolute atomic E-state index is 0.0287. The Morgan fingerprint density at radius 1 is 0.420 bits per heavy atom. The van der Waals surface area contributed by atoms with Crippen LogP contribution >= 0.6 is 0 Å². The number of aliphatic carboxylic acids is 1. The molecule has 12 nitrogen and oxygen atoms in total. The van der Waals surface area contributed by atoms with Crippen LogP contribution in [0.2, 0.25) is 0 Å². The molecule has 3 N–H and O–H groups in total. The first-order valence-electron chi connectivity index (χ1n) is 31.5. The van der Waals surface area contributed by atoms with Crippen LogP contribution in [-0.2, 0) is 42.9 Å². The van der Waals surface area contributed by atoms with E-state index in [4.69, 9.17) is 23.7 Å². The van der Waals surface area contributed by atoms with Crippen molar-refractivity contribution in [2.75, 3.05) is 13.2 Å². The fourth-order valence-corrected chi connectivity index (χ4v) is 8.82. The second-order valence-electron chi connectivity index (χ2n) is 20.9. The molecule has 458 valence electrons. The molecule has 0 aromatic rings. The third-order valence-electron chi connectivity index (χ3n) is 13.6. The fraction of sp³-hybridized carbons (Fsp3) is 0.652. The molecular formula is C69H110O12. The second kappa shape index (κ2) is 55.6. The number of carbonyl (C=O) groups is 4. The summed E-state index contributed by atoms with van der Waals surface area (Å²) < 4.78 is 28.3. The van der Waals surface area contributed by atoms with Crippen molar-refractivity contribution in [2.24, 2.45) is 0 Å². The van der Waals surface area contributed by atoms with E-state index < -0.39 is 67.3 Å². The third-order valence-corrected chi connectivity index (χ3v) is 13.6. The standard InChI is InChI=1S/C69H110O12/c1-4-7-10-13-16-19-22-25-27-29-31-33-35-38-40-43-46-49-52-55-61(70)77-58-60(79-62(71)56-53-50-47-44-41-37-24-21-18-15-12-9-6-3)59-78-69-67(65(74)64(73)66(81-69)68(75)76)80-63(72)57-54-51-48-45-42-39-36-34-32-30-28-26-23-20-17-14-11-8-5-2/h8-9,11-12,17-18,20-21,26,28,32,34,37,39,41-42,47-48,50-51,60,64-67,69,73-74H,4-7,10,13-16,19,22-25,27,29-31,33,35-36,38,40,43-46,49,52-59H2,1-3H3,(H,75,76)/b11-8-,12-9-,20-17-,21-18-,28-26-,34-32-,41-37-,42-39-,50-47-,51-48-. The molecule has 6 atom stereocenters. The molecule has 81 heavy (non-hydrogen) atoms. The van der Waals surface area contributed by atoms with Crippen molar-refractivity contribution in [3.63, 3.8) is 0 Å². The van der Waals surface area contributed by atoms with Gasteiger partial charge in [-0.05, 0) is 83.5 Å². The summed E-state index contributed by atoms with van der Waals surface area (Å²) in [6, 6.07) is 0. The SMILES string of the molecule is CC/C=C\C/C=C\C/C=C\C/C=C\C/C=C\C/C=C\CCC(=O)OC1C(OCC(COC(=O)CCCCCCCCCCCCCCCCCCCCC)OC(=O)CC/C=C\C/C=C\C/C=C\C/C=C\CC)OC(C(=O)O)C(O)C1O. The molecule has 12 heteroatoms. The molecule has 0 radical (unpaired) electrons. The molecule has 0 aromatic heterocycles. The Hall–Kier alpha value is -4.88. The van der Waals surface area contributed by atoms with Gasteiger partial charge in [-0.1, -0.05) is 258 Å². The molecule has 1 aliphatic rings. The van der Waals surface area contributed by atoms with Crippen molar-refractivity contribution in [1.82, 2.24) is 0 Å². The van der Waals surface area contributed by atoms with E-state index in [2.05, 4.69) is 112 Å². The van der Waals surface area contributed by atoms with Crippen molar-refractivity contribution in [3.8, 4) is 0 Å². The van der Waals surface area contributed by atoms with Gasteiger partial charge in [-0.2, -0.15) is 0 Å². The summed E-state index contributed by atoms with van der Waals surface area (Å²) in [5, 5.41) is 31.5. The van der Waals surface area contributed by atoms with Gasteiger partial charge in [-0.25, -0.2) is 4.79 Å². The van der Waals surface area contributed by atoms with Gasteiger partial charge in [-0.15, -0.1) is 0 Å². The van der Waals surface area contributed by atoms with E-state index in [-0.39, 0.29) is 25.9 Å². The third kappa shape index (κ3) is 45.3. The molecule has 0 aromatic carbocycles. The Bertz CT molecular complexity index is 1870. The Morgan fingerprint density at radius 3 is 1.16 bits per heavy atom. The molecule has 0 aliphatic carbocycles. The van der Waals surface area contributed by atoms with E-state index in [1.165, 1.54) is 96.3 Å². The summed E-state index contributed by atoms with van der Waals surface area (Å²) in [5.41, 5.74) is 0. The largest absolute Gasteiger partial charge is 0.479 e. The van der Waals surface area contributed by atoms with Gasteiger partial charge in [0.25, 0.3) is 0 Å². The number of ether oxygens (including phenoxy) is 5. The topological polar surface area (TPSA) is 175 Å². The maximum atomic E-state index is 13.1. The number of carbonyl (C=O) groups excluding carboxylic acids is 3. The average molecular weight is 1130 g/mol. The summed E-state index contributed by atoms with van der Waals surface area (Å²) in [6.07, 6.45) is 64.9. The molecule has 1 saturated heterocycles. The molecule has 0 saturated carbocycles.